The molecule has 1 fully saturated rings. The zero-order chi connectivity index (χ0) is 19.6. The molecular formula is C19H23N3O5. The van der Waals surface area contributed by atoms with E-state index >= 15 is 0 Å². The second-order valence-electron chi connectivity index (χ2n) is 7.22. The van der Waals surface area contributed by atoms with Crippen molar-refractivity contribution in [1.29, 1.82) is 0 Å². The Hall–Kier alpha value is -2.90. The standard InChI is InChI=1S/C19H23N3O5/c1-11-4-3-5-15(10-11)27-18(23)16-12(2)20-19(24)21-17(16)13-6-8-14(9-7-13)22(25)26/h6-9,11,15,17H,3-5,10H2,1-2H3,(H2,20,21,24)/t11-,15-,17+/m0/s1. The molecule has 1 aliphatic heterocycles. The van der Waals surface area contributed by atoms with Gasteiger partial charge < -0.3 is 15.4 Å². The third kappa shape index (κ3) is 4.27. The van der Waals surface area contributed by atoms with Crippen LogP contribution in [0, 0.1) is 16.0 Å². The highest BCUT2D eigenvalue weighted by atomic mass is 16.6. The average molecular weight is 373 g/mol. The van der Waals surface area contributed by atoms with Crippen LogP contribution in [0.25, 0.3) is 0 Å². The third-order valence-corrected chi connectivity index (χ3v) is 5.09. The van der Waals surface area contributed by atoms with E-state index < -0.39 is 23.0 Å². The highest BCUT2D eigenvalue weighted by Crippen LogP contribution is 2.31. The van der Waals surface area contributed by atoms with E-state index in [4.69, 9.17) is 4.74 Å². The normalized spacial score (nSPS) is 25.4. The Morgan fingerprint density at radius 2 is 1.96 bits per heavy atom. The molecule has 2 aliphatic rings. The lowest BCUT2D eigenvalue weighted by Gasteiger charge is -2.31. The van der Waals surface area contributed by atoms with E-state index in [1.165, 1.54) is 24.3 Å². The summed E-state index contributed by atoms with van der Waals surface area (Å²) in [6, 6.07) is 4.64. The van der Waals surface area contributed by atoms with Crippen LogP contribution in [0.2, 0.25) is 0 Å². The molecule has 0 aromatic heterocycles. The predicted octanol–water partition coefficient (Wildman–Crippen LogP) is 3.34. The zero-order valence-electron chi connectivity index (χ0n) is 15.4. The average Bonchev–Trinajstić information content (AvgIpc) is 2.61. The van der Waals surface area contributed by atoms with Gasteiger partial charge in [-0.2, -0.15) is 0 Å². The van der Waals surface area contributed by atoms with Gasteiger partial charge in [0.2, 0.25) is 0 Å². The summed E-state index contributed by atoms with van der Waals surface area (Å²) in [5, 5.41) is 16.2. The molecule has 3 rings (SSSR count). The van der Waals surface area contributed by atoms with Crippen LogP contribution < -0.4 is 10.6 Å². The molecule has 1 aromatic carbocycles. The highest BCUT2D eigenvalue weighted by molar-refractivity contribution is 5.95. The van der Waals surface area contributed by atoms with E-state index in [0.717, 1.165) is 25.7 Å². The lowest BCUT2D eigenvalue weighted by atomic mass is 9.88. The highest BCUT2D eigenvalue weighted by Gasteiger charge is 2.34. The summed E-state index contributed by atoms with van der Waals surface area (Å²) < 4.78 is 5.72. The number of carbonyl (C=O) groups excluding carboxylic acids is 2. The molecule has 8 heteroatoms. The maximum absolute atomic E-state index is 12.9. The smallest absolute Gasteiger partial charge is 0.338 e. The van der Waals surface area contributed by atoms with Gasteiger partial charge in [-0.1, -0.05) is 13.3 Å². The first kappa shape index (κ1) is 18.9. The van der Waals surface area contributed by atoms with Crippen LogP contribution in [0.15, 0.2) is 35.5 Å². The lowest BCUT2D eigenvalue weighted by molar-refractivity contribution is -0.384. The third-order valence-electron chi connectivity index (χ3n) is 5.09. The van der Waals surface area contributed by atoms with Crippen molar-refractivity contribution in [1.82, 2.24) is 10.6 Å². The first-order chi connectivity index (χ1) is 12.8. The maximum Gasteiger partial charge on any atom is 0.338 e. The van der Waals surface area contributed by atoms with E-state index in [1.807, 2.05) is 0 Å². The first-order valence-electron chi connectivity index (χ1n) is 9.08. The Balaban J connectivity index is 1.85. The molecule has 144 valence electrons. The van der Waals surface area contributed by atoms with Crippen LogP contribution in [0.1, 0.15) is 51.1 Å². The molecular weight excluding hydrogens is 350 g/mol. The number of hydrogen-bond donors (Lipinski definition) is 2. The number of amides is 2. The van der Waals surface area contributed by atoms with Gasteiger partial charge in [-0.25, -0.2) is 9.59 Å². The van der Waals surface area contributed by atoms with E-state index in [1.54, 1.807) is 6.92 Å². The number of nitro benzene ring substituents is 1. The lowest BCUT2D eigenvalue weighted by Crippen LogP contribution is -2.45. The molecule has 1 aromatic rings. The van der Waals surface area contributed by atoms with Crippen molar-refractivity contribution in [2.24, 2.45) is 5.92 Å². The van der Waals surface area contributed by atoms with Gasteiger partial charge in [0, 0.05) is 17.8 Å². The molecule has 0 bridgehead atoms. The first-order valence-corrected chi connectivity index (χ1v) is 9.08. The van der Waals surface area contributed by atoms with Crippen molar-refractivity contribution in [3.63, 3.8) is 0 Å². The summed E-state index contributed by atoms with van der Waals surface area (Å²) in [5.74, 6) is 0.0451. The molecule has 1 heterocycles. The number of benzene rings is 1. The van der Waals surface area contributed by atoms with Crippen molar-refractivity contribution in [2.45, 2.75) is 51.7 Å². The molecule has 0 unspecified atom stereocenters. The largest absolute Gasteiger partial charge is 0.459 e. The summed E-state index contributed by atoms with van der Waals surface area (Å²) in [4.78, 5) is 35.1. The molecule has 0 saturated heterocycles. The predicted molar refractivity (Wildman–Crippen MR) is 97.7 cm³/mol. The number of carbonyl (C=O) groups is 2. The quantitative estimate of drug-likeness (QED) is 0.478. The van der Waals surface area contributed by atoms with E-state index in [0.29, 0.717) is 22.8 Å². The number of esters is 1. The van der Waals surface area contributed by atoms with Gasteiger partial charge in [0.1, 0.15) is 6.10 Å². The Labute approximate surface area is 157 Å². The Kier molecular flexibility index (Phi) is 5.43. The molecule has 0 radical (unpaired) electrons. The Morgan fingerprint density at radius 3 is 2.59 bits per heavy atom. The monoisotopic (exact) mass is 373 g/mol. The van der Waals surface area contributed by atoms with Crippen molar-refractivity contribution >= 4 is 17.7 Å². The summed E-state index contributed by atoms with van der Waals surface area (Å²) in [5.41, 5.74) is 1.27. The van der Waals surface area contributed by atoms with Gasteiger partial charge in [0.25, 0.3) is 5.69 Å². The van der Waals surface area contributed by atoms with Crippen LogP contribution in [0.3, 0.4) is 0 Å². The van der Waals surface area contributed by atoms with Crippen LogP contribution in [0.4, 0.5) is 10.5 Å². The molecule has 1 saturated carbocycles. The van der Waals surface area contributed by atoms with E-state index in [-0.39, 0.29) is 11.8 Å². The molecule has 3 atom stereocenters. The van der Waals surface area contributed by atoms with Gasteiger partial charge in [-0.3, -0.25) is 10.1 Å². The maximum atomic E-state index is 12.9. The second-order valence-corrected chi connectivity index (χ2v) is 7.22. The Bertz CT molecular complexity index is 787. The molecule has 2 N–H and O–H groups in total. The summed E-state index contributed by atoms with van der Waals surface area (Å²) in [6.45, 7) is 3.80. The number of rotatable bonds is 4. The minimum absolute atomic E-state index is 0.0555. The van der Waals surface area contributed by atoms with Crippen molar-refractivity contribution in [3.8, 4) is 0 Å². The number of hydrogen-bond acceptors (Lipinski definition) is 5. The molecule has 27 heavy (non-hydrogen) atoms. The number of non-ortho nitro benzene ring substituents is 1. The topological polar surface area (TPSA) is 111 Å². The number of nitro groups is 1. The fraction of sp³-hybridized carbons (Fsp3) is 0.474. The van der Waals surface area contributed by atoms with Crippen molar-refractivity contribution in [3.05, 3.63) is 51.2 Å². The van der Waals surface area contributed by atoms with Crippen LogP contribution in [-0.4, -0.2) is 23.0 Å². The Morgan fingerprint density at radius 1 is 1.26 bits per heavy atom. The minimum Gasteiger partial charge on any atom is -0.459 e. The number of nitrogens with one attached hydrogen (secondary N) is 2. The number of allylic oxidation sites excluding steroid dienone is 1. The molecule has 1 aliphatic carbocycles. The SMILES string of the molecule is CC1=C(C(=O)O[C@H]2CCC[C@H](C)C2)[C@@H](c2ccc([N+](=O)[O-])cc2)NC(=O)N1. The van der Waals surface area contributed by atoms with Crippen LogP contribution in [0.5, 0.6) is 0 Å². The number of ether oxygens (including phenoxy) is 1. The van der Waals surface area contributed by atoms with Crippen molar-refractivity contribution in [2.75, 3.05) is 0 Å². The van der Waals surface area contributed by atoms with Crippen molar-refractivity contribution < 1.29 is 19.2 Å². The zero-order valence-corrected chi connectivity index (χ0v) is 15.4. The van der Waals surface area contributed by atoms with E-state index in [9.17, 15) is 19.7 Å². The minimum atomic E-state index is -0.715. The van der Waals surface area contributed by atoms with E-state index in [2.05, 4.69) is 17.6 Å². The second kappa shape index (κ2) is 7.77. The summed E-state index contributed by atoms with van der Waals surface area (Å²) in [6.07, 6.45) is 3.71. The van der Waals surface area contributed by atoms with Gasteiger partial charge in [0.15, 0.2) is 0 Å². The summed E-state index contributed by atoms with van der Waals surface area (Å²) >= 11 is 0. The van der Waals surface area contributed by atoms with Crippen LogP contribution in [-0.2, 0) is 9.53 Å². The van der Waals surface area contributed by atoms with Gasteiger partial charge in [-0.15, -0.1) is 0 Å². The van der Waals surface area contributed by atoms with Gasteiger partial charge >= 0.3 is 12.0 Å². The number of urea groups is 1. The molecule has 8 nitrogen and oxygen atoms in total. The fourth-order valence-electron chi connectivity index (χ4n) is 3.70. The molecule has 2 amide bonds. The van der Waals surface area contributed by atoms with Gasteiger partial charge in [-0.05, 0) is 49.8 Å². The molecule has 0 spiro atoms. The summed E-state index contributed by atoms with van der Waals surface area (Å²) in [7, 11) is 0. The number of nitrogens with zero attached hydrogens (tertiary/aromatic N) is 1. The fourth-order valence-corrected chi connectivity index (χ4v) is 3.70. The van der Waals surface area contributed by atoms with Gasteiger partial charge in [0.05, 0.1) is 16.5 Å². The van der Waals surface area contributed by atoms with Crippen LogP contribution >= 0.6 is 0 Å².